The molecule has 24 heavy (non-hydrogen) atoms. The van der Waals surface area contributed by atoms with E-state index in [2.05, 4.69) is 9.72 Å². The first-order chi connectivity index (χ1) is 11.5. The number of carbonyl (C=O) groups excluding carboxylic acids is 2. The van der Waals surface area contributed by atoms with Crippen LogP contribution in [-0.4, -0.2) is 35.4 Å². The van der Waals surface area contributed by atoms with Crippen LogP contribution in [0.5, 0.6) is 0 Å². The van der Waals surface area contributed by atoms with Crippen molar-refractivity contribution in [3.8, 4) is 0 Å². The Kier molecular flexibility index (Phi) is 4.29. The molecule has 1 aliphatic heterocycles. The molecule has 5 nitrogen and oxygen atoms in total. The summed E-state index contributed by atoms with van der Waals surface area (Å²) < 4.78 is 18.0. The molecule has 0 bridgehead atoms. The molecule has 3 rings (SSSR count). The molecule has 1 aromatic carbocycles. The topological polar surface area (TPSA) is 59.5 Å². The van der Waals surface area contributed by atoms with Gasteiger partial charge in [-0.15, -0.1) is 0 Å². The number of ether oxygens (including phenoxy) is 1. The van der Waals surface area contributed by atoms with E-state index in [4.69, 9.17) is 0 Å². The minimum atomic E-state index is -0.537. The van der Waals surface area contributed by atoms with Gasteiger partial charge in [-0.2, -0.15) is 0 Å². The first-order valence-corrected chi connectivity index (χ1v) is 7.64. The molecule has 124 valence electrons. The summed E-state index contributed by atoms with van der Waals surface area (Å²) in [5.74, 6) is -1.02. The van der Waals surface area contributed by atoms with Gasteiger partial charge in [0.05, 0.1) is 24.3 Å². The molecular formula is C18H17FN2O3. The molecule has 2 heterocycles. The highest BCUT2D eigenvalue weighted by atomic mass is 19.1. The second-order valence-electron chi connectivity index (χ2n) is 5.72. The molecule has 0 unspecified atom stereocenters. The highest BCUT2D eigenvalue weighted by molar-refractivity contribution is 5.97. The van der Waals surface area contributed by atoms with Crippen molar-refractivity contribution in [2.75, 3.05) is 13.7 Å². The molecule has 1 aliphatic rings. The lowest BCUT2D eigenvalue weighted by Crippen LogP contribution is -2.39. The van der Waals surface area contributed by atoms with Gasteiger partial charge in [-0.05, 0) is 42.7 Å². The van der Waals surface area contributed by atoms with Gasteiger partial charge in [0, 0.05) is 18.9 Å². The monoisotopic (exact) mass is 328 g/mol. The number of halogens is 1. The Morgan fingerprint density at radius 1 is 1.25 bits per heavy atom. The van der Waals surface area contributed by atoms with Crippen LogP contribution in [0.1, 0.15) is 44.8 Å². The maximum atomic E-state index is 13.4. The van der Waals surface area contributed by atoms with Crippen molar-refractivity contribution in [2.24, 2.45) is 0 Å². The molecule has 0 N–H and O–H groups in total. The minimum absolute atomic E-state index is 0.177. The number of esters is 1. The van der Waals surface area contributed by atoms with Crippen molar-refractivity contribution in [1.82, 2.24) is 9.88 Å². The Bertz CT molecular complexity index is 807. The van der Waals surface area contributed by atoms with E-state index in [0.717, 1.165) is 11.1 Å². The summed E-state index contributed by atoms with van der Waals surface area (Å²) in [7, 11) is 1.28. The number of methoxy groups -OCH3 is 1. The Hall–Kier alpha value is -2.76. The first kappa shape index (κ1) is 16.1. The predicted molar refractivity (Wildman–Crippen MR) is 85.1 cm³/mol. The molecule has 0 spiro atoms. The fraction of sp³-hybridized carbons (Fsp3) is 0.278. The van der Waals surface area contributed by atoms with Crippen molar-refractivity contribution < 1.29 is 18.7 Å². The summed E-state index contributed by atoms with van der Waals surface area (Å²) in [6.07, 6.45) is 3.38. The minimum Gasteiger partial charge on any atom is -0.465 e. The zero-order chi connectivity index (χ0) is 17.3. The number of pyridine rings is 1. The van der Waals surface area contributed by atoms with E-state index in [1.165, 1.54) is 37.7 Å². The third kappa shape index (κ3) is 2.87. The summed E-state index contributed by atoms with van der Waals surface area (Å²) in [5, 5.41) is 0. The van der Waals surface area contributed by atoms with Crippen molar-refractivity contribution in [3.63, 3.8) is 0 Å². The number of rotatable bonds is 2. The smallest absolute Gasteiger partial charge is 0.339 e. The second-order valence-corrected chi connectivity index (χ2v) is 5.72. The molecule has 0 saturated carbocycles. The van der Waals surface area contributed by atoms with Crippen LogP contribution >= 0.6 is 0 Å². The highest BCUT2D eigenvalue weighted by Gasteiger charge is 2.29. The third-order valence-corrected chi connectivity index (χ3v) is 4.31. The van der Waals surface area contributed by atoms with Crippen molar-refractivity contribution in [2.45, 2.75) is 19.4 Å². The lowest BCUT2D eigenvalue weighted by Gasteiger charge is -2.35. The number of carbonyl (C=O) groups is 2. The fourth-order valence-corrected chi connectivity index (χ4v) is 3.03. The van der Waals surface area contributed by atoms with Gasteiger partial charge in [-0.25, -0.2) is 9.18 Å². The number of fused-ring (bicyclic) bond motifs is 1. The van der Waals surface area contributed by atoms with Crippen molar-refractivity contribution in [1.29, 1.82) is 0 Å². The van der Waals surface area contributed by atoms with Crippen LogP contribution in [-0.2, 0) is 11.2 Å². The van der Waals surface area contributed by atoms with Gasteiger partial charge in [0.2, 0.25) is 0 Å². The zero-order valence-electron chi connectivity index (χ0n) is 13.5. The third-order valence-electron chi connectivity index (χ3n) is 4.31. The number of hydrogen-bond donors (Lipinski definition) is 0. The van der Waals surface area contributed by atoms with E-state index in [1.54, 1.807) is 11.0 Å². The summed E-state index contributed by atoms with van der Waals surface area (Å²) in [4.78, 5) is 30.1. The SMILES string of the molecule is COC(=O)c1cncc(C(=O)N2CCc3cc(F)ccc3[C@H]2C)c1. The summed E-state index contributed by atoms with van der Waals surface area (Å²) in [6.45, 7) is 2.39. The largest absolute Gasteiger partial charge is 0.465 e. The Morgan fingerprint density at radius 2 is 2.00 bits per heavy atom. The molecule has 0 saturated heterocycles. The number of hydrogen-bond acceptors (Lipinski definition) is 4. The molecule has 0 fully saturated rings. The highest BCUT2D eigenvalue weighted by Crippen LogP contribution is 2.31. The van der Waals surface area contributed by atoms with Crippen LogP contribution in [0, 0.1) is 5.82 Å². The second kappa shape index (κ2) is 6.39. The lowest BCUT2D eigenvalue weighted by molar-refractivity contribution is 0.0600. The van der Waals surface area contributed by atoms with Gasteiger partial charge in [-0.1, -0.05) is 6.07 Å². The fourth-order valence-electron chi connectivity index (χ4n) is 3.03. The molecule has 1 aromatic heterocycles. The van der Waals surface area contributed by atoms with Crippen LogP contribution in [0.15, 0.2) is 36.7 Å². The molecule has 2 aromatic rings. The van der Waals surface area contributed by atoms with E-state index >= 15 is 0 Å². The summed E-state index contributed by atoms with van der Waals surface area (Å²) >= 11 is 0. The van der Waals surface area contributed by atoms with Crippen LogP contribution in [0.2, 0.25) is 0 Å². The van der Waals surface area contributed by atoms with Crippen LogP contribution in [0.4, 0.5) is 4.39 Å². The Labute approximate surface area is 139 Å². The van der Waals surface area contributed by atoms with Gasteiger partial charge in [-0.3, -0.25) is 9.78 Å². The van der Waals surface area contributed by atoms with Crippen LogP contribution < -0.4 is 0 Å². The number of aromatic nitrogens is 1. The molecule has 1 amide bonds. The quantitative estimate of drug-likeness (QED) is 0.796. The first-order valence-electron chi connectivity index (χ1n) is 7.64. The van der Waals surface area contributed by atoms with Gasteiger partial charge < -0.3 is 9.64 Å². The normalized spacial score (nSPS) is 16.5. The predicted octanol–water partition coefficient (Wildman–Crippen LogP) is 2.77. The standard InChI is InChI=1S/C18H17FN2O3/c1-11-16-4-3-15(19)8-12(16)5-6-21(11)17(22)13-7-14(10-20-9-13)18(23)24-2/h3-4,7-11H,5-6H2,1-2H3/t11-/m1/s1. The van der Waals surface area contributed by atoms with Gasteiger partial charge in [0.15, 0.2) is 0 Å². The zero-order valence-corrected chi connectivity index (χ0v) is 13.5. The van der Waals surface area contributed by atoms with Gasteiger partial charge in [0.1, 0.15) is 5.82 Å². The van der Waals surface area contributed by atoms with Gasteiger partial charge in [0.25, 0.3) is 5.91 Å². The Balaban J connectivity index is 1.88. The number of nitrogens with zero attached hydrogens (tertiary/aromatic N) is 2. The van der Waals surface area contributed by atoms with Crippen LogP contribution in [0.3, 0.4) is 0 Å². The van der Waals surface area contributed by atoms with Gasteiger partial charge >= 0.3 is 5.97 Å². The maximum Gasteiger partial charge on any atom is 0.339 e. The van der Waals surface area contributed by atoms with E-state index in [-0.39, 0.29) is 23.3 Å². The van der Waals surface area contributed by atoms with Crippen molar-refractivity contribution in [3.05, 3.63) is 64.7 Å². The van der Waals surface area contributed by atoms with E-state index in [0.29, 0.717) is 18.5 Å². The maximum absolute atomic E-state index is 13.4. The molecule has 0 aliphatic carbocycles. The number of benzene rings is 1. The molecule has 1 atom stereocenters. The van der Waals surface area contributed by atoms with E-state index < -0.39 is 5.97 Å². The summed E-state index contributed by atoms with van der Waals surface area (Å²) in [6, 6.07) is 5.95. The summed E-state index contributed by atoms with van der Waals surface area (Å²) in [5.41, 5.74) is 2.42. The van der Waals surface area contributed by atoms with Crippen molar-refractivity contribution >= 4 is 11.9 Å². The molecule has 6 heteroatoms. The lowest BCUT2D eigenvalue weighted by atomic mass is 9.93. The average Bonchev–Trinajstić information content (AvgIpc) is 2.60. The number of amides is 1. The van der Waals surface area contributed by atoms with E-state index in [1.807, 2.05) is 6.92 Å². The average molecular weight is 328 g/mol. The van der Waals surface area contributed by atoms with Crippen LogP contribution in [0.25, 0.3) is 0 Å². The van der Waals surface area contributed by atoms with E-state index in [9.17, 15) is 14.0 Å². The Morgan fingerprint density at radius 3 is 2.75 bits per heavy atom. The molecule has 0 radical (unpaired) electrons. The molecular weight excluding hydrogens is 311 g/mol.